The maximum atomic E-state index is 12.9. The number of rotatable bonds is 5. The van der Waals surface area contributed by atoms with Crippen LogP contribution in [0, 0.1) is 13.8 Å². The molecule has 0 spiro atoms. The second-order valence-corrected chi connectivity index (χ2v) is 10.1. The summed E-state index contributed by atoms with van der Waals surface area (Å²) in [6.07, 6.45) is 0. The van der Waals surface area contributed by atoms with Crippen LogP contribution in [0.3, 0.4) is 0 Å². The van der Waals surface area contributed by atoms with Gasteiger partial charge >= 0.3 is 0 Å². The summed E-state index contributed by atoms with van der Waals surface area (Å²) in [6, 6.07) is 18.7. The highest BCUT2D eigenvalue weighted by Gasteiger charge is 2.15. The normalized spacial score (nSPS) is 12.3. The fraction of sp³-hybridized carbons (Fsp3) is 0.167. The number of nitrogens with zero attached hydrogens (tertiary/aromatic N) is 2. The van der Waals surface area contributed by atoms with Gasteiger partial charge in [0.05, 0.1) is 15.1 Å². The molecule has 0 saturated carbocycles. The molecule has 0 fully saturated rings. The minimum Gasteiger partial charge on any atom is -0.317 e. The molecule has 0 aliphatic heterocycles. The Kier molecular flexibility index (Phi) is 5.99. The maximum absolute atomic E-state index is 12.9. The van der Waals surface area contributed by atoms with Crippen LogP contribution in [-0.4, -0.2) is 18.9 Å². The summed E-state index contributed by atoms with van der Waals surface area (Å²) in [5.74, 6) is -0.423. The Morgan fingerprint density at radius 1 is 1.00 bits per heavy atom. The van der Waals surface area contributed by atoms with E-state index < -0.39 is 15.9 Å². The smallest absolute Gasteiger partial charge is 0.279 e. The van der Waals surface area contributed by atoms with Crippen LogP contribution >= 0.6 is 11.3 Å². The molecule has 1 aromatic heterocycles. The van der Waals surface area contributed by atoms with Gasteiger partial charge in [0.25, 0.3) is 15.9 Å². The van der Waals surface area contributed by atoms with Gasteiger partial charge < -0.3 is 4.57 Å². The van der Waals surface area contributed by atoms with Crippen molar-refractivity contribution in [3.63, 3.8) is 0 Å². The van der Waals surface area contributed by atoms with Gasteiger partial charge in [-0.2, -0.15) is 4.99 Å². The molecule has 4 rings (SSSR count). The van der Waals surface area contributed by atoms with E-state index in [1.165, 1.54) is 40.7 Å². The third-order valence-electron chi connectivity index (χ3n) is 5.23. The van der Waals surface area contributed by atoms with Crippen molar-refractivity contribution in [2.75, 3.05) is 4.72 Å². The van der Waals surface area contributed by atoms with Crippen molar-refractivity contribution in [3.05, 3.63) is 88.2 Å². The molecule has 0 saturated heterocycles. The maximum Gasteiger partial charge on any atom is 0.279 e. The first kappa shape index (κ1) is 22.0. The lowest BCUT2D eigenvalue weighted by Crippen LogP contribution is -2.16. The number of fused-ring (bicyclic) bond motifs is 1. The van der Waals surface area contributed by atoms with Crippen LogP contribution in [-0.2, 0) is 16.6 Å². The molecule has 4 aromatic rings. The molecule has 8 heteroatoms. The molecule has 1 N–H and O–H groups in total. The van der Waals surface area contributed by atoms with Crippen molar-refractivity contribution in [2.45, 2.75) is 32.2 Å². The van der Waals surface area contributed by atoms with E-state index in [0.717, 1.165) is 10.2 Å². The SMILES string of the molecule is CCn1c(=NC(=O)c2cccc(NS(=O)(=O)c3ccccc3)c2)sc2cc(C)c(C)cc21. The van der Waals surface area contributed by atoms with E-state index in [1.807, 2.05) is 11.5 Å². The predicted octanol–water partition coefficient (Wildman–Crippen LogP) is 4.88. The standard InChI is InChI=1S/C24H23N3O3S2/c1-4-27-21-13-16(2)17(3)14-22(21)31-24(27)25-23(28)18-9-8-10-19(15-18)26-32(29,30)20-11-6-5-7-12-20/h5-15,26H,4H2,1-3H3. The molecule has 32 heavy (non-hydrogen) atoms. The molecule has 0 bridgehead atoms. The van der Waals surface area contributed by atoms with Gasteiger partial charge in [0.2, 0.25) is 0 Å². The second-order valence-electron chi connectivity index (χ2n) is 7.45. The van der Waals surface area contributed by atoms with E-state index in [1.54, 1.807) is 36.4 Å². The van der Waals surface area contributed by atoms with E-state index >= 15 is 0 Å². The van der Waals surface area contributed by atoms with Crippen LogP contribution in [0.5, 0.6) is 0 Å². The lowest BCUT2D eigenvalue weighted by molar-refractivity contribution is 0.0998. The van der Waals surface area contributed by atoms with E-state index in [9.17, 15) is 13.2 Å². The van der Waals surface area contributed by atoms with Gasteiger partial charge in [0.15, 0.2) is 4.80 Å². The summed E-state index contributed by atoms with van der Waals surface area (Å²) in [7, 11) is -3.74. The molecule has 6 nitrogen and oxygen atoms in total. The zero-order chi connectivity index (χ0) is 22.9. The molecule has 0 atom stereocenters. The number of carbonyl (C=O) groups excluding carboxylic acids is 1. The average molecular weight is 466 g/mol. The van der Waals surface area contributed by atoms with E-state index in [-0.39, 0.29) is 4.90 Å². The highest BCUT2D eigenvalue weighted by Crippen LogP contribution is 2.22. The number of carbonyl (C=O) groups is 1. The number of benzene rings is 3. The molecule has 0 aliphatic rings. The molecule has 0 aliphatic carbocycles. The molecule has 0 radical (unpaired) electrons. The minimum atomic E-state index is -3.74. The number of nitrogens with one attached hydrogen (secondary N) is 1. The van der Waals surface area contributed by atoms with Gasteiger partial charge in [-0.15, -0.1) is 0 Å². The topological polar surface area (TPSA) is 80.5 Å². The monoisotopic (exact) mass is 465 g/mol. The van der Waals surface area contributed by atoms with Crippen LogP contribution in [0.1, 0.15) is 28.4 Å². The Morgan fingerprint density at radius 2 is 1.72 bits per heavy atom. The van der Waals surface area contributed by atoms with Crippen molar-refractivity contribution < 1.29 is 13.2 Å². The zero-order valence-electron chi connectivity index (χ0n) is 18.0. The van der Waals surface area contributed by atoms with Crippen molar-refractivity contribution >= 4 is 43.2 Å². The van der Waals surface area contributed by atoms with E-state index in [4.69, 9.17) is 0 Å². The summed E-state index contributed by atoms with van der Waals surface area (Å²) in [4.78, 5) is 18.1. The number of aryl methyl sites for hydroxylation is 3. The van der Waals surface area contributed by atoms with Gasteiger partial charge in [-0.05, 0) is 74.4 Å². The number of hydrogen-bond acceptors (Lipinski definition) is 4. The van der Waals surface area contributed by atoms with Crippen molar-refractivity contribution in [1.29, 1.82) is 0 Å². The summed E-state index contributed by atoms with van der Waals surface area (Å²) < 4.78 is 30.8. The van der Waals surface area contributed by atoms with E-state index in [0.29, 0.717) is 22.6 Å². The number of aromatic nitrogens is 1. The third-order valence-corrected chi connectivity index (χ3v) is 7.67. The molecule has 1 heterocycles. The Morgan fingerprint density at radius 3 is 2.44 bits per heavy atom. The minimum absolute atomic E-state index is 0.154. The molecule has 3 aromatic carbocycles. The number of thiazole rings is 1. The van der Waals surface area contributed by atoms with Gasteiger partial charge in [0, 0.05) is 17.8 Å². The largest absolute Gasteiger partial charge is 0.317 e. The van der Waals surface area contributed by atoms with Crippen LogP contribution in [0.15, 0.2) is 76.6 Å². The first-order chi connectivity index (χ1) is 15.3. The van der Waals surface area contributed by atoms with Gasteiger partial charge in [0.1, 0.15) is 0 Å². The fourth-order valence-electron chi connectivity index (χ4n) is 3.39. The predicted molar refractivity (Wildman–Crippen MR) is 129 cm³/mol. The average Bonchev–Trinajstić information content (AvgIpc) is 3.10. The molecule has 0 unspecified atom stereocenters. The summed E-state index contributed by atoms with van der Waals surface area (Å²) in [5.41, 5.74) is 4.05. The van der Waals surface area contributed by atoms with Crippen molar-refractivity contribution in [3.8, 4) is 0 Å². The van der Waals surface area contributed by atoms with Crippen LogP contribution in [0.4, 0.5) is 5.69 Å². The summed E-state index contributed by atoms with van der Waals surface area (Å²) in [5, 5.41) is 0. The van der Waals surface area contributed by atoms with E-state index in [2.05, 4.69) is 35.7 Å². The van der Waals surface area contributed by atoms with Gasteiger partial charge in [-0.1, -0.05) is 35.6 Å². The quantitative estimate of drug-likeness (QED) is 0.456. The molecule has 1 amide bonds. The summed E-state index contributed by atoms with van der Waals surface area (Å²) in [6.45, 7) is 6.83. The van der Waals surface area contributed by atoms with Gasteiger partial charge in [-0.25, -0.2) is 8.42 Å². The first-order valence-electron chi connectivity index (χ1n) is 10.2. The van der Waals surface area contributed by atoms with Crippen LogP contribution < -0.4 is 9.52 Å². The second kappa shape index (κ2) is 8.72. The number of amides is 1. The highest BCUT2D eigenvalue weighted by atomic mass is 32.2. The lowest BCUT2D eigenvalue weighted by atomic mass is 10.1. The Bertz CT molecular complexity index is 1480. The first-order valence-corrected chi connectivity index (χ1v) is 12.5. The number of sulfonamides is 1. The van der Waals surface area contributed by atoms with Gasteiger partial charge in [-0.3, -0.25) is 9.52 Å². The number of anilines is 1. The Labute approximate surface area is 190 Å². The molecule has 164 valence electrons. The van der Waals surface area contributed by atoms with Crippen molar-refractivity contribution in [1.82, 2.24) is 4.57 Å². The fourth-order valence-corrected chi connectivity index (χ4v) is 5.64. The van der Waals surface area contributed by atoms with Crippen LogP contribution in [0.25, 0.3) is 10.2 Å². The van der Waals surface area contributed by atoms with Crippen LogP contribution in [0.2, 0.25) is 0 Å². The molecular formula is C24H23N3O3S2. The lowest BCUT2D eigenvalue weighted by Gasteiger charge is -2.08. The summed E-state index contributed by atoms with van der Waals surface area (Å²) >= 11 is 1.47. The number of hydrogen-bond donors (Lipinski definition) is 1. The Balaban J connectivity index is 1.69. The third kappa shape index (κ3) is 4.37. The Hall–Kier alpha value is -3.23. The van der Waals surface area contributed by atoms with Crippen molar-refractivity contribution in [2.24, 2.45) is 4.99 Å². The highest BCUT2D eigenvalue weighted by molar-refractivity contribution is 7.92. The molecular weight excluding hydrogens is 442 g/mol. The zero-order valence-corrected chi connectivity index (χ0v) is 19.6.